The van der Waals surface area contributed by atoms with Crippen LogP contribution in [0.1, 0.15) is 12.8 Å². The molecule has 0 amide bonds. The molecule has 90 valence electrons. The normalized spacial score (nSPS) is 24.2. The molecule has 0 bridgehead atoms. The third kappa shape index (κ3) is 2.94. The van der Waals surface area contributed by atoms with Crippen LogP contribution >= 0.6 is 0 Å². The number of hydrogen-bond acceptors (Lipinski definition) is 4. The first kappa shape index (κ1) is 11.8. The van der Waals surface area contributed by atoms with E-state index in [0.29, 0.717) is 13.1 Å². The van der Waals surface area contributed by atoms with Crippen LogP contribution < -0.4 is 0 Å². The SMILES string of the molecule is N#CCS(=O)(=O)N1CCN(CC2CC2)CC1. The zero-order valence-electron chi connectivity index (χ0n) is 9.30. The molecule has 0 aromatic heterocycles. The summed E-state index contributed by atoms with van der Waals surface area (Å²) < 4.78 is 24.7. The van der Waals surface area contributed by atoms with E-state index in [2.05, 4.69) is 4.90 Å². The van der Waals surface area contributed by atoms with Crippen LogP contribution in [-0.4, -0.2) is 56.1 Å². The van der Waals surface area contributed by atoms with Crippen LogP contribution in [-0.2, 0) is 10.0 Å². The minimum atomic E-state index is -3.32. The first-order valence-corrected chi connectivity index (χ1v) is 7.30. The second-order valence-electron chi connectivity index (χ2n) is 4.56. The number of nitrogens with zero attached hydrogens (tertiary/aromatic N) is 3. The van der Waals surface area contributed by atoms with Crippen molar-refractivity contribution in [3.63, 3.8) is 0 Å². The van der Waals surface area contributed by atoms with Crippen LogP contribution in [0.3, 0.4) is 0 Å². The van der Waals surface area contributed by atoms with Gasteiger partial charge in [0.2, 0.25) is 10.0 Å². The topological polar surface area (TPSA) is 64.4 Å². The maximum atomic E-state index is 11.6. The van der Waals surface area contributed by atoms with Crippen molar-refractivity contribution in [1.29, 1.82) is 5.26 Å². The summed E-state index contributed by atoms with van der Waals surface area (Å²) in [5.74, 6) is 0.456. The maximum Gasteiger partial charge on any atom is 0.227 e. The second-order valence-corrected chi connectivity index (χ2v) is 6.53. The van der Waals surface area contributed by atoms with Gasteiger partial charge in [-0.25, -0.2) is 8.42 Å². The van der Waals surface area contributed by atoms with Crippen LogP contribution in [0.15, 0.2) is 0 Å². The van der Waals surface area contributed by atoms with E-state index in [1.54, 1.807) is 6.07 Å². The van der Waals surface area contributed by atoms with Gasteiger partial charge in [0.25, 0.3) is 0 Å². The molecule has 0 radical (unpaired) electrons. The molecule has 1 aliphatic heterocycles. The average Bonchev–Trinajstić information content (AvgIpc) is 3.02. The molecule has 1 heterocycles. The van der Waals surface area contributed by atoms with E-state index >= 15 is 0 Å². The van der Waals surface area contributed by atoms with Crippen molar-refractivity contribution in [3.05, 3.63) is 0 Å². The fraction of sp³-hybridized carbons (Fsp3) is 0.900. The Morgan fingerprint density at radius 2 is 1.81 bits per heavy atom. The highest BCUT2D eigenvalue weighted by molar-refractivity contribution is 7.89. The molecule has 16 heavy (non-hydrogen) atoms. The minimum Gasteiger partial charge on any atom is -0.300 e. The summed E-state index contributed by atoms with van der Waals surface area (Å²) in [6.45, 7) is 3.81. The van der Waals surface area contributed by atoms with Crippen molar-refractivity contribution in [2.24, 2.45) is 5.92 Å². The molecule has 5 nitrogen and oxygen atoms in total. The Balaban J connectivity index is 1.82. The van der Waals surface area contributed by atoms with Crippen molar-refractivity contribution in [1.82, 2.24) is 9.21 Å². The van der Waals surface area contributed by atoms with Crippen molar-refractivity contribution < 1.29 is 8.42 Å². The molecule has 0 aromatic rings. The highest BCUT2D eigenvalue weighted by Crippen LogP contribution is 2.30. The molecule has 1 saturated carbocycles. The molecule has 0 spiro atoms. The monoisotopic (exact) mass is 243 g/mol. The minimum absolute atomic E-state index is 0.393. The van der Waals surface area contributed by atoms with Crippen LogP contribution in [0.2, 0.25) is 0 Å². The number of rotatable bonds is 4. The van der Waals surface area contributed by atoms with E-state index < -0.39 is 15.8 Å². The van der Waals surface area contributed by atoms with Crippen molar-refractivity contribution >= 4 is 10.0 Å². The fourth-order valence-corrected chi connectivity index (χ4v) is 3.09. The van der Waals surface area contributed by atoms with Gasteiger partial charge >= 0.3 is 0 Å². The lowest BCUT2D eigenvalue weighted by Gasteiger charge is -2.33. The molecule has 2 fully saturated rings. The third-order valence-electron chi connectivity index (χ3n) is 3.18. The zero-order chi connectivity index (χ0) is 11.6. The summed E-state index contributed by atoms with van der Waals surface area (Å²) in [5.41, 5.74) is 0. The Labute approximate surface area is 96.7 Å². The van der Waals surface area contributed by atoms with Gasteiger partial charge in [-0.05, 0) is 18.8 Å². The fourth-order valence-electron chi connectivity index (χ4n) is 2.03. The zero-order valence-corrected chi connectivity index (χ0v) is 10.1. The quantitative estimate of drug-likeness (QED) is 0.690. The van der Waals surface area contributed by atoms with Crippen molar-refractivity contribution in [3.8, 4) is 6.07 Å². The van der Waals surface area contributed by atoms with E-state index in [1.165, 1.54) is 17.1 Å². The standard InChI is InChI=1S/C10H17N3O2S/c11-3-8-16(14,15)13-6-4-12(5-7-13)9-10-1-2-10/h10H,1-2,4-9H2. The average molecular weight is 243 g/mol. The van der Waals surface area contributed by atoms with Gasteiger partial charge < -0.3 is 4.90 Å². The van der Waals surface area contributed by atoms with Gasteiger partial charge in [-0.15, -0.1) is 0 Å². The van der Waals surface area contributed by atoms with Crippen LogP contribution in [0.4, 0.5) is 0 Å². The number of piperazine rings is 1. The summed E-state index contributed by atoms with van der Waals surface area (Å²) in [4.78, 5) is 2.33. The molecule has 6 heteroatoms. The van der Waals surface area contributed by atoms with Gasteiger partial charge in [0.05, 0.1) is 6.07 Å². The summed E-state index contributed by atoms with van der Waals surface area (Å²) in [6, 6.07) is 1.72. The summed E-state index contributed by atoms with van der Waals surface area (Å²) in [5, 5.41) is 8.45. The van der Waals surface area contributed by atoms with Gasteiger partial charge in [0.1, 0.15) is 0 Å². The second kappa shape index (κ2) is 4.70. The van der Waals surface area contributed by atoms with Gasteiger partial charge in [0.15, 0.2) is 5.75 Å². The van der Waals surface area contributed by atoms with Gasteiger partial charge in [0, 0.05) is 32.7 Å². The van der Waals surface area contributed by atoms with Gasteiger partial charge in [-0.1, -0.05) is 0 Å². The molecule has 0 atom stereocenters. The highest BCUT2D eigenvalue weighted by atomic mass is 32.2. The van der Waals surface area contributed by atoms with Crippen LogP contribution in [0.25, 0.3) is 0 Å². The Morgan fingerprint density at radius 1 is 1.19 bits per heavy atom. The predicted molar refractivity (Wildman–Crippen MR) is 60.1 cm³/mol. The lowest BCUT2D eigenvalue weighted by Crippen LogP contribution is -2.49. The van der Waals surface area contributed by atoms with E-state index in [1.807, 2.05) is 0 Å². The molecular formula is C10H17N3O2S. The first-order chi connectivity index (χ1) is 7.62. The molecule has 2 rings (SSSR count). The number of nitriles is 1. The predicted octanol–water partition coefficient (Wildman–Crippen LogP) is -0.133. The maximum absolute atomic E-state index is 11.6. The molecule has 2 aliphatic rings. The Hall–Kier alpha value is -0.640. The van der Waals surface area contributed by atoms with Gasteiger partial charge in [-0.3, -0.25) is 0 Å². The molecule has 1 saturated heterocycles. The van der Waals surface area contributed by atoms with Crippen molar-refractivity contribution in [2.45, 2.75) is 12.8 Å². The molecule has 0 aromatic carbocycles. The van der Waals surface area contributed by atoms with E-state index in [9.17, 15) is 8.42 Å². The van der Waals surface area contributed by atoms with Gasteiger partial charge in [-0.2, -0.15) is 9.57 Å². The molecule has 1 aliphatic carbocycles. The largest absolute Gasteiger partial charge is 0.300 e. The van der Waals surface area contributed by atoms with Crippen LogP contribution in [0, 0.1) is 17.2 Å². The third-order valence-corrected chi connectivity index (χ3v) is 4.83. The van der Waals surface area contributed by atoms with E-state index in [-0.39, 0.29) is 0 Å². The van der Waals surface area contributed by atoms with E-state index in [4.69, 9.17) is 5.26 Å². The summed E-state index contributed by atoms with van der Waals surface area (Å²) >= 11 is 0. The van der Waals surface area contributed by atoms with Crippen LogP contribution in [0.5, 0.6) is 0 Å². The number of hydrogen-bond donors (Lipinski definition) is 0. The molecular weight excluding hydrogens is 226 g/mol. The first-order valence-electron chi connectivity index (χ1n) is 5.69. The smallest absolute Gasteiger partial charge is 0.227 e. The lowest BCUT2D eigenvalue weighted by atomic mass is 10.3. The summed E-state index contributed by atoms with van der Waals surface area (Å²) in [6.07, 6.45) is 2.65. The highest BCUT2D eigenvalue weighted by Gasteiger charge is 2.29. The van der Waals surface area contributed by atoms with E-state index in [0.717, 1.165) is 25.6 Å². The molecule has 0 unspecified atom stereocenters. The molecule has 0 N–H and O–H groups in total. The Bertz CT molecular complexity index is 375. The Morgan fingerprint density at radius 3 is 2.31 bits per heavy atom. The lowest BCUT2D eigenvalue weighted by molar-refractivity contribution is 0.182. The Kier molecular flexibility index (Phi) is 3.47. The number of sulfonamides is 1. The summed E-state index contributed by atoms with van der Waals surface area (Å²) in [7, 11) is -3.32. The van der Waals surface area contributed by atoms with Crippen molar-refractivity contribution in [2.75, 3.05) is 38.5 Å².